The van der Waals surface area contributed by atoms with Crippen molar-refractivity contribution in [3.8, 4) is 0 Å². The molecule has 0 saturated carbocycles. The Bertz CT molecular complexity index is 366. The zero-order chi connectivity index (χ0) is 12.3. The average molecular weight is 232 g/mol. The normalized spacial score (nSPS) is 12.9. The Morgan fingerprint density at radius 2 is 1.81 bits per heavy atom. The molecule has 0 spiro atoms. The van der Waals surface area contributed by atoms with Crippen molar-refractivity contribution in [3.63, 3.8) is 0 Å². The van der Waals surface area contributed by atoms with E-state index in [0.29, 0.717) is 12.0 Å². The van der Waals surface area contributed by atoms with Crippen LogP contribution in [0.4, 0.5) is 19.0 Å². The van der Waals surface area contributed by atoms with Crippen LogP contribution in [0.2, 0.25) is 0 Å². The minimum Gasteiger partial charge on any atom is -0.365 e. The second-order valence-electron chi connectivity index (χ2n) is 4.27. The van der Waals surface area contributed by atoms with Gasteiger partial charge in [0.15, 0.2) is 17.5 Å². The number of nitrogens with one attached hydrogen (secondary N) is 1. The van der Waals surface area contributed by atoms with Crippen molar-refractivity contribution in [2.45, 2.75) is 33.2 Å². The minimum absolute atomic E-state index is 0.0492. The lowest BCUT2D eigenvalue weighted by molar-refractivity contribution is 0.463. The number of pyridine rings is 1. The lowest BCUT2D eigenvalue weighted by Gasteiger charge is -2.16. The van der Waals surface area contributed by atoms with Crippen LogP contribution in [0.5, 0.6) is 0 Å². The summed E-state index contributed by atoms with van der Waals surface area (Å²) in [5.74, 6) is -3.27. The van der Waals surface area contributed by atoms with Gasteiger partial charge < -0.3 is 5.32 Å². The van der Waals surface area contributed by atoms with Gasteiger partial charge in [0.25, 0.3) is 5.95 Å². The fourth-order valence-electron chi connectivity index (χ4n) is 1.54. The number of rotatable bonds is 4. The fraction of sp³-hybridized carbons (Fsp3) is 0.545. The highest BCUT2D eigenvalue weighted by Gasteiger charge is 2.13. The summed E-state index contributed by atoms with van der Waals surface area (Å²) in [4.78, 5) is 3.19. The van der Waals surface area contributed by atoms with Crippen molar-refractivity contribution < 1.29 is 13.2 Å². The van der Waals surface area contributed by atoms with Crippen LogP contribution >= 0.6 is 0 Å². The molecule has 1 unspecified atom stereocenters. The largest absolute Gasteiger partial charge is 0.365 e. The van der Waals surface area contributed by atoms with E-state index in [1.165, 1.54) is 0 Å². The van der Waals surface area contributed by atoms with Crippen LogP contribution in [0, 0.1) is 23.5 Å². The summed E-state index contributed by atoms with van der Waals surface area (Å²) in [6.07, 6.45) is 0.792. The molecule has 1 heterocycles. The molecule has 0 amide bonds. The molecule has 0 radical (unpaired) electrons. The Morgan fingerprint density at radius 3 is 2.38 bits per heavy atom. The van der Waals surface area contributed by atoms with Gasteiger partial charge in [0.05, 0.1) is 0 Å². The number of aromatic nitrogens is 1. The Labute approximate surface area is 92.9 Å². The maximum absolute atomic E-state index is 13.2. The molecule has 0 aliphatic rings. The van der Waals surface area contributed by atoms with Gasteiger partial charge in [-0.3, -0.25) is 0 Å². The first kappa shape index (κ1) is 12.8. The van der Waals surface area contributed by atoms with Crippen LogP contribution in [0.25, 0.3) is 0 Å². The van der Waals surface area contributed by atoms with E-state index >= 15 is 0 Å². The van der Waals surface area contributed by atoms with Gasteiger partial charge in [-0.1, -0.05) is 13.8 Å². The number of halogens is 3. The van der Waals surface area contributed by atoms with Gasteiger partial charge in [-0.15, -0.1) is 0 Å². The van der Waals surface area contributed by atoms with E-state index in [2.05, 4.69) is 10.3 Å². The highest BCUT2D eigenvalue weighted by molar-refractivity contribution is 5.37. The molecule has 90 valence electrons. The Kier molecular flexibility index (Phi) is 4.15. The van der Waals surface area contributed by atoms with Gasteiger partial charge in [-0.25, -0.2) is 8.78 Å². The molecule has 16 heavy (non-hydrogen) atoms. The zero-order valence-electron chi connectivity index (χ0n) is 9.52. The van der Waals surface area contributed by atoms with Crippen molar-refractivity contribution >= 4 is 5.82 Å². The summed E-state index contributed by atoms with van der Waals surface area (Å²) in [7, 11) is 0. The third-order valence-corrected chi connectivity index (χ3v) is 2.09. The maximum Gasteiger partial charge on any atom is 0.251 e. The molecule has 1 N–H and O–H groups in total. The van der Waals surface area contributed by atoms with Gasteiger partial charge in [0, 0.05) is 12.1 Å². The first-order chi connectivity index (χ1) is 7.40. The second-order valence-corrected chi connectivity index (χ2v) is 4.27. The number of nitrogens with zero attached hydrogens (tertiary/aromatic N) is 1. The quantitative estimate of drug-likeness (QED) is 0.805. The maximum atomic E-state index is 13.2. The van der Waals surface area contributed by atoms with E-state index < -0.39 is 17.6 Å². The molecule has 0 fully saturated rings. The predicted molar refractivity (Wildman–Crippen MR) is 56.7 cm³/mol. The molecule has 0 saturated heterocycles. The highest BCUT2D eigenvalue weighted by atomic mass is 19.2. The van der Waals surface area contributed by atoms with Crippen molar-refractivity contribution in [2.24, 2.45) is 5.92 Å². The van der Waals surface area contributed by atoms with E-state index in [0.717, 1.165) is 6.42 Å². The third-order valence-electron chi connectivity index (χ3n) is 2.09. The molecule has 1 aromatic rings. The molecule has 1 rings (SSSR count). The average Bonchev–Trinajstić information content (AvgIpc) is 2.12. The molecule has 0 aliphatic carbocycles. The molecular weight excluding hydrogens is 217 g/mol. The van der Waals surface area contributed by atoms with Crippen molar-refractivity contribution in [1.82, 2.24) is 4.98 Å². The van der Waals surface area contributed by atoms with E-state index in [1.807, 2.05) is 20.8 Å². The molecule has 0 aliphatic heterocycles. The monoisotopic (exact) mass is 232 g/mol. The molecule has 5 heteroatoms. The Morgan fingerprint density at radius 1 is 1.19 bits per heavy atom. The van der Waals surface area contributed by atoms with Crippen molar-refractivity contribution in [1.29, 1.82) is 0 Å². The van der Waals surface area contributed by atoms with Crippen LogP contribution in [0.3, 0.4) is 0 Å². The molecular formula is C11H15F3N2. The van der Waals surface area contributed by atoms with Gasteiger partial charge in [0.2, 0.25) is 0 Å². The predicted octanol–water partition coefficient (Wildman–Crippen LogP) is 3.35. The van der Waals surface area contributed by atoms with Crippen LogP contribution < -0.4 is 5.32 Å². The fourth-order valence-corrected chi connectivity index (χ4v) is 1.54. The number of hydrogen-bond donors (Lipinski definition) is 1. The summed E-state index contributed by atoms with van der Waals surface area (Å²) in [6, 6.07) is 0.444. The molecule has 1 atom stereocenters. The van der Waals surface area contributed by atoms with E-state index in [4.69, 9.17) is 0 Å². The highest BCUT2D eigenvalue weighted by Crippen LogP contribution is 2.17. The smallest absolute Gasteiger partial charge is 0.251 e. The van der Waals surface area contributed by atoms with Gasteiger partial charge in [-0.05, 0) is 19.3 Å². The summed E-state index contributed by atoms with van der Waals surface area (Å²) in [6.45, 7) is 5.88. The summed E-state index contributed by atoms with van der Waals surface area (Å²) in [5, 5.41) is 2.72. The number of hydrogen-bond acceptors (Lipinski definition) is 2. The minimum atomic E-state index is -1.29. The van der Waals surface area contributed by atoms with Gasteiger partial charge in [0.1, 0.15) is 0 Å². The first-order valence-corrected chi connectivity index (χ1v) is 5.18. The lowest BCUT2D eigenvalue weighted by Crippen LogP contribution is -2.19. The SMILES string of the molecule is CC(C)CC(C)Nc1nc(F)c(F)cc1F. The van der Waals surface area contributed by atoms with Crippen LogP contribution in [-0.2, 0) is 0 Å². The topological polar surface area (TPSA) is 24.9 Å². The van der Waals surface area contributed by atoms with Crippen LogP contribution in [0.1, 0.15) is 27.2 Å². The molecule has 0 bridgehead atoms. The van der Waals surface area contributed by atoms with E-state index in [1.54, 1.807) is 0 Å². The Balaban J connectivity index is 2.77. The molecule has 0 aromatic carbocycles. The van der Waals surface area contributed by atoms with Gasteiger partial charge >= 0.3 is 0 Å². The van der Waals surface area contributed by atoms with E-state index in [-0.39, 0.29) is 11.9 Å². The lowest BCUT2D eigenvalue weighted by atomic mass is 10.1. The van der Waals surface area contributed by atoms with E-state index in [9.17, 15) is 13.2 Å². The van der Waals surface area contributed by atoms with Gasteiger partial charge in [-0.2, -0.15) is 9.37 Å². The molecule has 1 aromatic heterocycles. The standard InChI is InChI=1S/C11H15F3N2/c1-6(2)4-7(3)15-11-9(13)5-8(12)10(14)16-11/h5-7H,4H2,1-3H3,(H,15,16). The summed E-state index contributed by atoms with van der Waals surface area (Å²) < 4.78 is 38.6. The zero-order valence-corrected chi connectivity index (χ0v) is 9.52. The molecule has 2 nitrogen and oxygen atoms in total. The van der Waals surface area contributed by atoms with Crippen molar-refractivity contribution in [2.75, 3.05) is 5.32 Å². The Hall–Kier alpha value is -1.26. The van der Waals surface area contributed by atoms with Crippen LogP contribution in [-0.4, -0.2) is 11.0 Å². The summed E-state index contributed by atoms with van der Waals surface area (Å²) in [5.41, 5.74) is 0. The third kappa shape index (κ3) is 3.40. The summed E-state index contributed by atoms with van der Waals surface area (Å²) >= 11 is 0. The first-order valence-electron chi connectivity index (χ1n) is 5.18. The number of anilines is 1. The van der Waals surface area contributed by atoms with Crippen molar-refractivity contribution in [3.05, 3.63) is 23.6 Å². The second kappa shape index (κ2) is 5.18. The van der Waals surface area contributed by atoms with Crippen LogP contribution in [0.15, 0.2) is 6.07 Å².